The van der Waals surface area contributed by atoms with Gasteiger partial charge in [0.15, 0.2) is 0 Å². The predicted molar refractivity (Wildman–Crippen MR) is 239 cm³/mol. The molecular formula is C54H34N2O. The van der Waals surface area contributed by atoms with Gasteiger partial charge in [0.2, 0.25) is 0 Å². The summed E-state index contributed by atoms with van der Waals surface area (Å²) in [7, 11) is 0. The van der Waals surface area contributed by atoms with Crippen LogP contribution >= 0.6 is 0 Å². The van der Waals surface area contributed by atoms with Crippen LogP contribution in [0.25, 0.3) is 110 Å². The van der Waals surface area contributed by atoms with Crippen LogP contribution in [0.4, 0.5) is 0 Å². The Labute approximate surface area is 328 Å². The average Bonchev–Trinajstić information content (AvgIpc) is 3.93. The molecular weight excluding hydrogens is 693 g/mol. The SMILES string of the molecule is c1ccc(-c2ccc3c4cc(-c5ccc6c(c5)c5ccccc5n6-c5ccc6c(c5)oc5ccccc56)ccc4n(-c4ccccc4-c4ccccc4)c3c2)cc1. The van der Waals surface area contributed by atoms with E-state index < -0.39 is 0 Å². The molecule has 9 aromatic carbocycles. The van der Waals surface area contributed by atoms with Gasteiger partial charge < -0.3 is 13.6 Å². The molecule has 0 bridgehead atoms. The van der Waals surface area contributed by atoms with Gasteiger partial charge in [-0.3, -0.25) is 0 Å². The number of benzene rings is 9. The second-order valence-electron chi connectivity index (χ2n) is 14.9. The van der Waals surface area contributed by atoms with Gasteiger partial charge in [-0.25, -0.2) is 0 Å². The first-order valence-corrected chi connectivity index (χ1v) is 19.5. The summed E-state index contributed by atoms with van der Waals surface area (Å²) in [6.45, 7) is 0. The summed E-state index contributed by atoms with van der Waals surface area (Å²) in [6.07, 6.45) is 0. The van der Waals surface area contributed by atoms with Gasteiger partial charge >= 0.3 is 0 Å². The Morgan fingerprint density at radius 3 is 1.61 bits per heavy atom. The number of hydrogen-bond donors (Lipinski definition) is 0. The molecule has 3 aromatic heterocycles. The third-order valence-corrected chi connectivity index (χ3v) is 11.7. The van der Waals surface area contributed by atoms with Crippen molar-refractivity contribution >= 4 is 65.6 Å². The molecule has 0 N–H and O–H groups in total. The minimum atomic E-state index is 0.894. The fraction of sp³-hybridized carbons (Fsp3) is 0. The van der Waals surface area contributed by atoms with Crippen molar-refractivity contribution in [1.82, 2.24) is 9.13 Å². The van der Waals surface area contributed by atoms with E-state index in [1.165, 1.54) is 77.0 Å². The van der Waals surface area contributed by atoms with Crippen molar-refractivity contribution in [2.45, 2.75) is 0 Å². The molecule has 3 nitrogen and oxygen atoms in total. The number of furan rings is 1. The molecule has 3 heterocycles. The van der Waals surface area contributed by atoms with E-state index in [-0.39, 0.29) is 0 Å². The highest BCUT2D eigenvalue weighted by atomic mass is 16.3. The van der Waals surface area contributed by atoms with Gasteiger partial charge in [0.05, 0.1) is 27.8 Å². The Kier molecular flexibility index (Phi) is 6.93. The molecule has 0 radical (unpaired) electrons. The summed E-state index contributed by atoms with van der Waals surface area (Å²) in [5, 5.41) is 7.18. The monoisotopic (exact) mass is 726 g/mol. The minimum absolute atomic E-state index is 0.894. The van der Waals surface area contributed by atoms with Gasteiger partial charge in [-0.2, -0.15) is 0 Å². The molecule has 0 unspecified atom stereocenters. The smallest absolute Gasteiger partial charge is 0.137 e. The maximum atomic E-state index is 6.33. The highest BCUT2D eigenvalue weighted by Gasteiger charge is 2.19. The zero-order valence-corrected chi connectivity index (χ0v) is 30.9. The number of fused-ring (bicyclic) bond motifs is 9. The van der Waals surface area contributed by atoms with Crippen LogP contribution in [0.15, 0.2) is 211 Å². The second-order valence-corrected chi connectivity index (χ2v) is 14.9. The summed E-state index contributed by atoms with van der Waals surface area (Å²) >= 11 is 0. The maximum absolute atomic E-state index is 6.33. The molecule has 0 aliphatic rings. The fourth-order valence-corrected chi connectivity index (χ4v) is 9.08. The largest absolute Gasteiger partial charge is 0.456 e. The molecule has 12 aromatic rings. The Morgan fingerprint density at radius 2 is 0.825 bits per heavy atom. The quantitative estimate of drug-likeness (QED) is 0.173. The lowest BCUT2D eigenvalue weighted by molar-refractivity contribution is 0.668. The lowest BCUT2D eigenvalue weighted by Gasteiger charge is -2.14. The van der Waals surface area contributed by atoms with Crippen molar-refractivity contribution < 1.29 is 4.42 Å². The normalized spacial score (nSPS) is 11.9. The van der Waals surface area contributed by atoms with Gasteiger partial charge in [0.25, 0.3) is 0 Å². The number of hydrogen-bond acceptors (Lipinski definition) is 1. The summed E-state index contributed by atoms with van der Waals surface area (Å²) in [5.41, 5.74) is 15.9. The lowest BCUT2D eigenvalue weighted by Crippen LogP contribution is -1.97. The number of nitrogens with zero attached hydrogens (tertiary/aromatic N) is 2. The van der Waals surface area contributed by atoms with Crippen molar-refractivity contribution in [3.8, 4) is 44.8 Å². The Hall–Kier alpha value is -7.62. The molecule has 0 fully saturated rings. The first-order chi connectivity index (χ1) is 28.3. The number of para-hydroxylation sites is 3. The van der Waals surface area contributed by atoms with E-state index in [0.717, 1.165) is 33.3 Å². The second kappa shape index (κ2) is 12.5. The van der Waals surface area contributed by atoms with Crippen LogP contribution in [0.1, 0.15) is 0 Å². The molecule has 0 atom stereocenters. The van der Waals surface area contributed by atoms with Crippen molar-refractivity contribution in [3.63, 3.8) is 0 Å². The van der Waals surface area contributed by atoms with Crippen LogP contribution in [-0.2, 0) is 0 Å². The summed E-state index contributed by atoms with van der Waals surface area (Å²) in [4.78, 5) is 0. The third-order valence-electron chi connectivity index (χ3n) is 11.7. The summed E-state index contributed by atoms with van der Waals surface area (Å²) in [5.74, 6) is 0. The Bertz CT molecular complexity index is 3510. The molecule has 0 saturated carbocycles. The van der Waals surface area contributed by atoms with Crippen molar-refractivity contribution in [1.29, 1.82) is 0 Å². The highest BCUT2D eigenvalue weighted by molar-refractivity contribution is 6.14. The van der Waals surface area contributed by atoms with E-state index in [9.17, 15) is 0 Å². The zero-order valence-electron chi connectivity index (χ0n) is 30.9. The van der Waals surface area contributed by atoms with Crippen LogP contribution in [0.3, 0.4) is 0 Å². The Morgan fingerprint density at radius 1 is 0.281 bits per heavy atom. The van der Waals surface area contributed by atoms with E-state index in [1.54, 1.807) is 0 Å². The van der Waals surface area contributed by atoms with Crippen LogP contribution < -0.4 is 0 Å². The van der Waals surface area contributed by atoms with Crippen LogP contribution in [0, 0.1) is 0 Å². The van der Waals surface area contributed by atoms with Crippen LogP contribution in [0.5, 0.6) is 0 Å². The molecule has 0 aliphatic carbocycles. The van der Waals surface area contributed by atoms with Gasteiger partial charge in [0, 0.05) is 49.6 Å². The first kappa shape index (κ1) is 31.7. The predicted octanol–water partition coefficient (Wildman–Crippen LogP) is 14.8. The Balaban J connectivity index is 1.05. The van der Waals surface area contributed by atoms with Crippen molar-refractivity contribution in [2.24, 2.45) is 0 Å². The molecule has 57 heavy (non-hydrogen) atoms. The average molecular weight is 727 g/mol. The topological polar surface area (TPSA) is 23.0 Å². The third kappa shape index (κ3) is 4.92. The highest BCUT2D eigenvalue weighted by Crippen LogP contribution is 2.41. The first-order valence-electron chi connectivity index (χ1n) is 19.5. The maximum Gasteiger partial charge on any atom is 0.137 e. The molecule has 0 spiro atoms. The van der Waals surface area contributed by atoms with E-state index in [4.69, 9.17) is 4.42 Å². The van der Waals surface area contributed by atoms with Crippen molar-refractivity contribution in [2.75, 3.05) is 0 Å². The zero-order chi connectivity index (χ0) is 37.5. The van der Waals surface area contributed by atoms with Gasteiger partial charge in [-0.05, 0) is 88.5 Å². The van der Waals surface area contributed by atoms with E-state index in [2.05, 4.69) is 203 Å². The molecule has 12 rings (SSSR count). The van der Waals surface area contributed by atoms with Gasteiger partial charge in [-0.15, -0.1) is 0 Å². The van der Waals surface area contributed by atoms with Crippen molar-refractivity contribution in [3.05, 3.63) is 206 Å². The summed E-state index contributed by atoms with van der Waals surface area (Å²) in [6, 6.07) is 74.6. The van der Waals surface area contributed by atoms with Crippen LogP contribution in [0.2, 0.25) is 0 Å². The minimum Gasteiger partial charge on any atom is -0.456 e. The fourth-order valence-electron chi connectivity index (χ4n) is 9.08. The molecule has 0 aliphatic heterocycles. The standard InChI is InChI=1S/C54H34N2O/c1-3-13-35(14-4-1)39-23-27-43-47-32-38(25-30-51(47)56(52(43)33-39)48-20-10-7-17-41(48)36-15-5-2-6-16-36)37-24-29-50-46(31-37)42-18-8-11-21-49(42)55(50)40-26-28-45-44-19-9-12-22-53(44)57-54(45)34-40/h1-34H. The molecule has 266 valence electrons. The van der Waals surface area contributed by atoms with Gasteiger partial charge in [-0.1, -0.05) is 140 Å². The number of aromatic nitrogens is 2. The molecule has 3 heteroatoms. The van der Waals surface area contributed by atoms with Crippen LogP contribution in [-0.4, -0.2) is 9.13 Å². The van der Waals surface area contributed by atoms with E-state index >= 15 is 0 Å². The van der Waals surface area contributed by atoms with E-state index in [0.29, 0.717) is 0 Å². The van der Waals surface area contributed by atoms with Gasteiger partial charge in [0.1, 0.15) is 11.2 Å². The lowest BCUT2D eigenvalue weighted by atomic mass is 9.99. The van der Waals surface area contributed by atoms with E-state index in [1.807, 2.05) is 12.1 Å². The molecule has 0 saturated heterocycles. The number of rotatable bonds is 5. The molecule has 0 amide bonds. The summed E-state index contributed by atoms with van der Waals surface area (Å²) < 4.78 is 11.2.